The molecule has 0 rings (SSSR count). The molecule has 0 aromatic carbocycles. The zero-order valence-corrected chi connectivity index (χ0v) is 14.3. The van der Waals surface area contributed by atoms with E-state index in [0.29, 0.717) is 6.04 Å². The van der Waals surface area contributed by atoms with Crippen LogP contribution in [0.2, 0.25) is 0 Å². The van der Waals surface area contributed by atoms with Gasteiger partial charge in [-0.2, -0.15) is 0 Å². The van der Waals surface area contributed by atoms with Crippen LogP contribution >= 0.6 is 0 Å². The highest BCUT2D eigenvalue weighted by atomic mass is 16.1. The van der Waals surface area contributed by atoms with Crippen LogP contribution in [-0.4, -0.2) is 32.5 Å². The van der Waals surface area contributed by atoms with E-state index in [0.717, 1.165) is 32.2 Å². The van der Waals surface area contributed by atoms with Crippen LogP contribution in [0.25, 0.3) is 0 Å². The summed E-state index contributed by atoms with van der Waals surface area (Å²) in [6, 6.07) is 0.614. The summed E-state index contributed by atoms with van der Waals surface area (Å²) < 4.78 is 0. The highest BCUT2D eigenvalue weighted by Gasteiger charge is 1.93. The molecule has 0 aliphatic carbocycles. The van der Waals surface area contributed by atoms with Crippen molar-refractivity contribution in [1.82, 2.24) is 10.6 Å². The monoisotopic (exact) mass is 286 g/mol. The van der Waals surface area contributed by atoms with E-state index in [-0.39, 0.29) is 0 Å². The van der Waals surface area contributed by atoms with Crippen LogP contribution in [0.1, 0.15) is 78.6 Å². The minimum atomic E-state index is 0.614. The van der Waals surface area contributed by atoms with Gasteiger partial charge >= 0.3 is 0 Å². The number of carbonyl (C=O) groups is 1. The first-order valence-electron chi connectivity index (χ1n) is 8.50. The van der Waals surface area contributed by atoms with Crippen molar-refractivity contribution in [2.45, 2.75) is 84.6 Å². The summed E-state index contributed by atoms with van der Waals surface area (Å²) in [7, 11) is 1.98. The Morgan fingerprint density at radius 2 is 1.50 bits per heavy atom. The summed E-state index contributed by atoms with van der Waals surface area (Å²) >= 11 is 0. The van der Waals surface area contributed by atoms with E-state index in [1.807, 2.05) is 7.05 Å². The molecule has 0 radical (unpaired) electrons. The summed E-state index contributed by atoms with van der Waals surface area (Å²) in [6.45, 7) is 8.86. The second-order valence-electron chi connectivity index (χ2n) is 5.64. The fourth-order valence-corrected chi connectivity index (χ4v) is 1.80. The minimum absolute atomic E-state index is 0.614. The van der Waals surface area contributed by atoms with Crippen molar-refractivity contribution in [2.75, 3.05) is 20.1 Å². The van der Waals surface area contributed by atoms with Crippen LogP contribution in [0.3, 0.4) is 0 Å². The summed E-state index contributed by atoms with van der Waals surface area (Å²) in [5, 5.41) is 6.48. The molecule has 122 valence electrons. The average Bonchev–Trinajstić information content (AvgIpc) is 2.43. The van der Waals surface area contributed by atoms with E-state index in [9.17, 15) is 4.79 Å². The first kappa shape index (κ1) is 21.9. The Balaban J connectivity index is 0. The topological polar surface area (TPSA) is 41.1 Å². The van der Waals surface area contributed by atoms with Crippen LogP contribution in [0.5, 0.6) is 0 Å². The van der Waals surface area contributed by atoms with Gasteiger partial charge in [0.25, 0.3) is 0 Å². The predicted octanol–water partition coefficient (Wildman–Crippen LogP) is 3.92. The third-order valence-corrected chi connectivity index (χ3v) is 3.08. The van der Waals surface area contributed by atoms with Gasteiger partial charge in [-0.05, 0) is 39.4 Å². The zero-order valence-electron chi connectivity index (χ0n) is 14.3. The maximum atomic E-state index is 10.0. The molecule has 20 heavy (non-hydrogen) atoms. The van der Waals surface area contributed by atoms with Crippen molar-refractivity contribution in [3.8, 4) is 0 Å². The van der Waals surface area contributed by atoms with Crippen molar-refractivity contribution in [1.29, 1.82) is 0 Å². The first-order chi connectivity index (χ1) is 9.68. The fourth-order valence-electron chi connectivity index (χ4n) is 1.80. The molecule has 3 heteroatoms. The van der Waals surface area contributed by atoms with Crippen molar-refractivity contribution >= 4 is 6.29 Å². The quantitative estimate of drug-likeness (QED) is 0.398. The maximum Gasteiger partial charge on any atom is 0.119 e. The van der Waals surface area contributed by atoms with E-state index < -0.39 is 0 Å². The van der Waals surface area contributed by atoms with Gasteiger partial charge in [0, 0.05) is 12.5 Å². The molecule has 0 aromatic rings. The molecule has 0 atom stereocenters. The third-order valence-electron chi connectivity index (χ3n) is 3.08. The number of rotatable bonds is 13. The largest absolute Gasteiger partial charge is 0.320 e. The molecule has 0 aromatic heterocycles. The molecule has 3 nitrogen and oxygen atoms in total. The molecular weight excluding hydrogens is 248 g/mol. The molecule has 0 bridgehead atoms. The van der Waals surface area contributed by atoms with Crippen LogP contribution in [0, 0.1) is 0 Å². The fraction of sp³-hybridized carbons (Fsp3) is 0.941. The Labute approximate surface area is 127 Å². The van der Waals surface area contributed by atoms with Crippen molar-refractivity contribution < 1.29 is 4.79 Å². The highest BCUT2D eigenvalue weighted by molar-refractivity contribution is 5.48. The van der Waals surface area contributed by atoms with Gasteiger partial charge in [-0.25, -0.2) is 0 Å². The molecule has 0 spiro atoms. The lowest BCUT2D eigenvalue weighted by Crippen LogP contribution is -2.23. The Morgan fingerprint density at radius 1 is 0.900 bits per heavy atom. The standard InChI is InChI=1S/C12H25NO.C5H13N/c1-12(2)13-10-8-6-4-3-5-7-9-11-14;1-3-4-5-6-2/h11-13H,3-10H2,1-2H3;6H,3-5H2,1-2H3. The van der Waals surface area contributed by atoms with Crippen LogP contribution in [0.4, 0.5) is 0 Å². The van der Waals surface area contributed by atoms with Crippen molar-refractivity contribution in [2.24, 2.45) is 0 Å². The maximum absolute atomic E-state index is 10.0. The molecule has 0 unspecified atom stereocenters. The van der Waals surface area contributed by atoms with Gasteiger partial charge in [-0.3, -0.25) is 0 Å². The summed E-state index contributed by atoms with van der Waals surface area (Å²) in [5.74, 6) is 0. The highest BCUT2D eigenvalue weighted by Crippen LogP contribution is 2.05. The van der Waals surface area contributed by atoms with E-state index in [1.165, 1.54) is 44.9 Å². The summed E-state index contributed by atoms with van der Waals surface area (Å²) in [6.07, 6.45) is 11.9. The molecule has 0 saturated heterocycles. The minimum Gasteiger partial charge on any atom is -0.320 e. The van der Waals surface area contributed by atoms with Crippen LogP contribution < -0.4 is 10.6 Å². The second-order valence-corrected chi connectivity index (χ2v) is 5.64. The lowest BCUT2D eigenvalue weighted by molar-refractivity contribution is -0.107. The normalized spacial score (nSPS) is 10.2. The van der Waals surface area contributed by atoms with Gasteiger partial charge in [-0.1, -0.05) is 52.9 Å². The van der Waals surface area contributed by atoms with E-state index >= 15 is 0 Å². The zero-order chi connectivity index (χ0) is 15.5. The molecule has 2 N–H and O–H groups in total. The van der Waals surface area contributed by atoms with Gasteiger partial charge in [0.15, 0.2) is 0 Å². The smallest absolute Gasteiger partial charge is 0.119 e. The Bertz CT molecular complexity index is 168. The van der Waals surface area contributed by atoms with E-state index in [4.69, 9.17) is 0 Å². The number of nitrogens with one attached hydrogen (secondary N) is 2. The van der Waals surface area contributed by atoms with Crippen LogP contribution in [-0.2, 0) is 4.79 Å². The molecule has 0 aliphatic heterocycles. The van der Waals surface area contributed by atoms with Gasteiger partial charge in [-0.15, -0.1) is 0 Å². The first-order valence-corrected chi connectivity index (χ1v) is 8.50. The predicted molar refractivity (Wildman–Crippen MR) is 90.4 cm³/mol. The number of hydrogen-bond acceptors (Lipinski definition) is 3. The van der Waals surface area contributed by atoms with Gasteiger partial charge < -0.3 is 15.4 Å². The van der Waals surface area contributed by atoms with Gasteiger partial charge in [0.2, 0.25) is 0 Å². The molecule has 0 fully saturated rings. The van der Waals surface area contributed by atoms with Gasteiger partial charge in [0.05, 0.1) is 0 Å². The number of unbranched alkanes of at least 4 members (excludes halogenated alkanes) is 7. The lowest BCUT2D eigenvalue weighted by Gasteiger charge is -2.07. The number of hydrogen-bond donors (Lipinski definition) is 2. The molecule has 0 aliphatic rings. The Hall–Kier alpha value is -0.410. The van der Waals surface area contributed by atoms with Crippen molar-refractivity contribution in [3.05, 3.63) is 0 Å². The van der Waals surface area contributed by atoms with E-state index in [1.54, 1.807) is 0 Å². The number of aldehydes is 1. The molecule has 0 amide bonds. The Kier molecular flexibility index (Phi) is 22.9. The number of carbonyl (C=O) groups excluding carboxylic acids is 1. The summed E-state index contributed by atoms with van der Waals surface area (Å²) in [4.78, 5) is 10.0. The van der Waals surface area contributed by atoms with Gasteiger partial charge in [0.1, 0.15) is 6.29 Å². The summed E-state index contributed by atoms with van der Waals surface area (Å²) in [5.41, 5.74) is 0. The van der Waals surface area contributed by atoms with Crippen molar-refractivity contribution in [3.63, 3.8) is 0 Å². The Morgan fingerprint density at radius 3 is 1.95 bits per heavy atom. The van der Waals surface area contributed by atoms with E-state index in [2.05, 4.69) is 31.4 Å². The average molecular weight is 287 g/mol. The third kappa shape index (κ3) is 26.2. The molecular formula is C17H38N2O. The van der Waals surface area contributed by atoms with Crippen LogP contribution in [0.15, 0.2) is 0 Å². The SMILES string of the molecule is CC(C)NCCCCCCCCC=O.CCCCNC. The lowest BCUT2D eigenvalue weighted by atomic mass is 10.1. The molecule has 0 saturated carbocycles. The second kappa shape index (κ2) is 20.9. The molecule has 0 heterocycles.